The maximum Gasteiger partial charge on any atom is 0.291 e. The lowest BCUT2D eigenvalue weighted by Gasteiger charge is -2.12. The molecular formula is C18H11N5O3S. The van der Waals surface area contributed by atoms with E-state index >= 15 is 0 Å². The minimum atomic E-state index is -4.11. The summed E-state index contributed by atoms with van der Waals surface area (Å²) in [6, 6.07) is 19.0. The van der Waals surface area contributed by atoms with Crippen molar-refractivity contribution in [3.8, 4) is 17.8 Å². The predicted molar refractivity (Wildman–Crippen MR) is 96.5 cm³/mol. The fourth-order valence-electron chi connectivity index (χ4n) is 2.35. The zero-order chi connectivity index (χ0) is 19.4. The van der Waals surface area contributed by atoms with E-state index in [-0.39, 0.29) is 4.90 Å². The summed E-state index contributed by atoms with van der Waals surface area (Å²) >= 11 is 0. The van der Waals surface area contributed by atoms with Crippen LogP contribution in [-0.4, -0.2) is 18.2 Å². The molecule has 0 saturated heterocycles. The minimum absolute atomic E-state index is 0.0787. The Hall–Kier alpha value is -3.95. The highest BCUT2D eigenvalue weighted by Crippen LogP contribution is 2.21. The average Bonchev–Trinajstić information content (AvgIpc) is 2.69. The highest BCUT2D eigenvalue weighted by molar-refractivity contribution is 7.92. The Morgan fingerprint density at radius 2 is 1.52 bits per heavy atom. The molecule has 0 amide bonds. The van der Waals surface area contributed by atoms with Crippen LogP contribution < -0.4 is 10.3 Å². The van der Waals surface area contributed by atoms with Crippen LogP contribution in [0.15, 0.2) is 70.4 Å². The van der Waals surface area contributed by atoms with Crippen LogP contribution >= 0.6 is 0 Å². The van der Waals surface area contributed by atoms with Crippen LogP contribution in [-0.2, 0) is 10.0 Å². The first kappa shape index (κ1) is 17.9. The topological polar surface area (TPSA) is 129 Å². The van der Waals surface area contributed by atoms with Crippen LogP contribution in [0.3, 0.4) is 0 Å². The first-order chi connectivity index (χ1) is 13.0. The van der Waals surface area contributed by atoms with Gasteiger partial charge in [0.05, 0.1) is 10.6 Å². The second-order valence-electron chi connectivity index (χ2n) is 5.29. The van der Waals surface area contributed by atoms with Gasteiger partial charge >= 0.3 is 0 Å². The Labute approximate surface area is 154 Å². The van der Waals surface area contributed by atoms with Gasteiger partial charge in [0.15, 0.2) is 5.69 Å². The van der Waals surface area contributed by atoms with Gasteiger partial charge in [0, 0.05) is 0 Å². The zero-order valence-electron chi connectivity index (χ0n) is 13.7. The van der Waals surface area contributed by atoms with Crippen LogP contribution in [0.2, 0.25) is 0 Å². The molecule has 27 heavy (non-hydrogen) atoms. The monoisotopic (exact) mass is 377 g/mol. The van der Waals surface area contributed by atoms with E-state index in [1.165, 1.54) is 24.3 Å². The Morgan fingerprint density at radius 1 is 0.926 bits per heavy atom. The first-order valence-electron chi connectivity index (χ1n) is 7.59. The summed E-state index contributed by atoms with van der Waals surface area (Å²) in [5, 5.41) is 22.7. The zero-order valence-corrected chi connectivity index (χ0v) is 14.5. The van der Waals surface area contributed by atoms with Crippen molar-refractivity contribution in [2.45, 2.75) is 4.90 Å². The van der Waals surface area contributed by atoms with Gasteiger partial charge in [-0.3, -0.25) is 9.52 Å². The number of hydrogen-bond acceptors (Lipinski definition) is 6. The normalized spacial score (nSPS) is 10.6. The molecule has 1 N–H and O–H groups in total. The molecule has 132 valence electrons. The lowest BCUT2D eigenvalue weighted by molar-refractivity contribution is 0.601. The molecule has 9 heteroatoms. The number of nitrogens with one attached hydrogen (secondary N) is 1. The first-order valence-corrected chi connectivity index (χ1v) is 9.07. The molecule has 0 aliphatic rings. The van der Waals surface area contributed by atoms with Crippen molar-refractivity contribution in [1.82, 2.24) is 9.78 Å². The van der Waals surface area contributed by atoms with Crippen molar-refractivity contribution in [3.05, 3.63) is 82.3 Å². The van der Waals surface area contributed by atoms with E-state index < -0.39 is 32.5 Å². The Balaban J connectivity index is 2.21. The molecule has 0 spiro atoms. The molecule has 2 aromatic carbocycles. The lowest BCUT2D eigenvalue weighted by Crippen LogP contribution is -2.28. The quantitative estimate of drug-likeness (QED) is 0.738. The minimum Gasteiger partial charge on any atom is -0.275 e. The summed E-state index contributed by atoms with van der Waals surface area (Å²) in [4.78, 5) is 12.6. The van der Waals surface area contributed by atoms with Gasteiger partial charge in [0.25, 0.3) is 15.6 Å². The predicted octanol–water partition coefficient (Wildman–Crippen LogP) is 1.78. The molecule has 3 aromatic rings. The highest BCUT2D eigenvalue weighted by atomic mass is 32.2. The van der Waals surface area contributed by atoms with Crippen LogP contribution in [0, 0.1) is 22.7 Å². The number of nitriles is 2. The number of hydrogen-bond donors (Lipinski definition) is 1. The largest absolute Gasteiger partial charge is 0.291 e. The van der Waals surface area contributed by atoms with Crippen LogP contribution in [0.5, 0.6) is 0 Å². The molecule has 1 aromatic heterocycles. The van der Waals surface area contributed by atoms with E-state index in [1.54, 1.807) is 48.5 Å². The molecule has 8 nitrogen and oxygen atoms in total. The molecule has 0 bridgehead atoms. The molecule has 1 heterocycles. The number of para-hydroxylation sites is 1. The summed E-state index contributed by atoms with van der Waals surface area (Å²) in [5.41, 5.74) is -1.86. The van der Waals surface area contributed by atoms with Gasteiger partial charge in [-0.25, -0.2) is 8.42 Å². The van der Waals surface area contributed by atoms with E-state index in [9.17, 15) is 23.7 Å². The van der Waals surface area contributed by atoms with Gasteiger partial charge in [0.1, 0.15) is 23.4 Å². The van der Waals surface area contributed by atoms with E-state index in [2.05, 4.69) is 9.82 Å². The van der Waals surface area contributed by atoms with Gasteiger partial charge < -0.3 is 0 Å². The Kier molecular flexibility index (Phi) is 4.71. The number of nitrogens with zero attached hydrogens (tertiary/aromatic N) is 4. The molecule has 0 unspecified atom stereocenters. The second-order valence-corrected chi connectivity index (χ2v) is 6.98. The van der Waals surface area contributed by atoms with E-state index in [0.29, 0.717) is 5.69 Å². The summed E-state index contributed by atoms with van der Waals surface area (Å²) in [5.74, 6) is 0. The maximum atomic E-state index is 12.6. The summed E-state index contributed by atoms with van der Waals surface area (Å²) in [6.45, 7) is 0. The molecule has 3 rings (SSSR count). The third kappa shape index (κ3) is 3.40. The van der Waals surface area contributed by atoms with Crippen LogP contribution in [0.1, 0.15) is 11.3 Å². The van der Waals surface area contributed by atoms with Crippen molar-refractivity contribution >= 4 is 15.7 Å². The van der Waals surface area contributed by atoms with Gasteiger partial charge in [-0.1, -0.05) is 36.4 Å². The van der Waals surface area contributed by atoms with Crippen molar-refractivity contribution in [1.29, 1.82) is 10.5 Å². The van der Waals surface area contributed by atoms with Gasteiger partial charge in [0.2, 0.25) is 0 Å². The van der Waals surface area contributed by atoms with Crippen LogP contribution in [0.25, 0.3) is 5.69 Å². The van der Waals surface area contributed by atoms with E-state index in [0.717, 1.165) is 4.68 Å². The van der Waals surface area contributed by atoms with Crippen LogP contribution in [0.4, 0.5) is 5.69 Å². The summed E-state index contributed by atoms with van der Waals surface area (Å²) in [7, 11) is -4.11. The van der Waals surface area contributed by atoms with Crippen molar-refractivity contribution < 1.29 is 8.42 Å². The van der Waals surface area contributed by atoms with Gasteiger partial charge in [-0.15, -0.1) is 0 Å². The van der Waals surface area contributed by atoms with Gasteiger partial charge in [-0.05, 0) is 24.3 Å². The molecular weight excluding hydrogens is 366 g/mol. The average molecular weight is 377 g/mol. The Morgan fingerprint density at radius 3 is 2.07 bits per heavy atom. The fraction of sp³-hybridized carbons (Fsp3) is 0. The van der Waals surface area contributed by atoms with Crippen molar-refractivity contribution in [2.75, 3.05) is 4.72 Å². The standard InChI is InChI=1S/C18H11N5O3S/c19-11-15-17(22-27(25,26)14-9-5-2-6-10-14)16(12-20)21-23(18(15)24)13-7-3-1-4-8-13/h1-10,22H. The third-order valence-corrected chi connectivity index (χ3v) is 4.97. The summed E-state index contributed by atoms with van der Waals surface area (Å²) < 4.78 is 28.1. The SMILES string of the molecule is N#Cc1nn(-c2ccccc2)c(=O)c(C#N)c1NS(=O)(=O)c1ccccc1. The summed E-state index contributed by atoms with van der Waals surface area (Å²) in [6.07, 6.45) is 0. The number of rotatable bonds is 4. The lowest BCUT2D eigenvalue weighted by atomic mass is 10.2. The fourth-order valence-corrected chi connectivity index (χ4v) is 3.45. The third-order valence-electron chi connectivity index (χ3n) is 3.60. The molecule has 0 saturated carbocycles. The van der Waals surface area contributed by atoms with Crippen molar-refractivity contribution in [3.63, 3.8) is 0 Å². The number of benzene rings is 2. The number of sulfonamides is 1. The van der Waals surface area contributed by atoms with E-state index in [4.69, 9.17) is 0 Å². The molecule has 0 aliphatic heterocycles. The molecule has 0 radical (unpaired) electrons. The van der Waals surface area contributed by atoms with E-state index in [1.807, 2.05) is 0 Å². The second kappa shape index (κ2) is 7.12. The van der Waals surface area contributed by atoms with Crippen molar-refractivity contribution in [2.24, 2.45) is 0 Å². The number of anilines is 1. The Bertz CT molecular complexity index is 1240. The van der Waals surface area contributed by atoms with Gasteiger partial charge in [-0.2, -0.15) is 20.3 Å². The number of aromatic nitrogens is 2. The highest BCUT2D eigenvalue weighted by Gasteiger charge is 2.23. The molecule has 0 aliphatic carbocycles. The molecule has 0 atom stereocenters. The molecule has 0 fully saturated rings. The maximum absolute atomic E-state index is 12.6. The smallest absolute Gasteiger partial charge is 0.275 e.